The predicted octanol–water partition coefficient (Wildman–Crippen LogP) is 3.66. The Hall–Kier alpha value is -2.40. The maximum absolute atomic E-state index is 13.5. The lowest BCUT2D eigenvalue weighted by Crippen LogP contribution is -2.30. The van der Waals surface area contributed by atoms with Crippen molar-refractivity contribution in [3.05, 3.63) is 64.9 Å². The maximum Gasteiger partial charge on any atom is 0.341 e. The molecule has 22 heavy (non-hydrogen) atoms. The van der Waals surface area contributed by atoms with Gasteiger partial charge in [-0.15, -0.1) is 0 Å². The van der Waals surface area contributed by atoms with Crippen molar-refractivity contribution in [3.8, 4) is 0 Å². The third-order valence-corrected chi connectivity index (χ3v) is 3.11. The van der Waals surface area contributed by atoms with Crippen molar-refractivity contribution in [2.75, 3.05) is 5.32 Å². The maximum atomic E-state index is 13.5. The van der Waals surface area contributed by atoms with Crippen molar-refractivity contribution < 1.29 is 18.7 Å². The average Bonchev–Trinajstić information content (AvgIpc) is 2.49. The number of hydrogen-bond acceptors (Lipinski definition) is 3. The van der Waals surface area contributed by atoms with Crippen molar-refractivity contribution in [1.82, 2.24) is 0 Å². The predicted molar refractivity (Wildman–Crippen MR) is 81.4 cm³/mol. The minimum atomic E-state index is -1.07. The number of benzene rings is 2. The highest BCUT2D eigenvalue weighted by Gasteiger charge is 2.20. The molecule has 1 N–H and O–H groups in total. The first-order valence-corrected chi connectivity index (χ1v) is 6.87. The number of halogens is 2. The molecule has 4 nitrogen and oxygen atoms in total. The highest BCUT2D eigenvalue weighted by atomic mass is 35.5. The van der Waals surface area contributed by atoms with Gasteiger partial charge in [-0.2, -0.15) is 0 Å². The molecule has 0 fully saturated rings. The third-order valence-electron chi connectivity index (χ3n) is 2.86. The Morgan fingerprint density at radius 2 is 1.77 bits per heavy atom. The van der Waals surface area contributed by atoms with Gasteiger partial charge >= 0.3 is 5.97 Å². The first-order valence-electron chi connectivity index (χ1n) is 6.49. The number of hydrogen-bond donors (Lipinski definition) is 1. The van der Waals surface area contributed by atoms with Crippen molar-refractivity contribution in [2.45, 2.75) is 13.0 Å². The molecule has 0 bridgehead atoms. The number of carbonyl (C=O) groups excluding carboxylic acids is 2. The fourth-order valence-electron chi connectivity index (χ4n) is 1.68. The SMILES string of the molecule is C[C@H](OC(=O)c1ccccc1F)C(=O)Nc1ccc(Cl)cc1. The van der Waals surface area contributed by atoms with E-state index < -0.39 is 23.8 Å². The zero-order valence-electron chi connectivity index (χ0n) is 11.7. The molecular formula is C16H13ClFNO3. The van der Waals surface area contributed by atoms with E-state index in [2.05, 4.69) is 5.32 Å². The number of carbonyl (C=O) groups is 2. The van der Waals surface area contributed by atoms with E-state index in [9.17, 15) is 14.0 Å². The summed E-state index contributed by atoms with van der Waals surface area (Å²) in [6.07, 6.45) is -1.07. The van der Waals surface area contributed by atoms with Crippen LogP contribution >= 0.6 is 11.6 Å². The summed E-state index contributed by atoms with van der Waals surface area (Å²) >= 11 is 5.74. The molecule has 1 amide bonds. The highest BCUT2D eigenvalue weighted by molar-refractivity contribution is 6.30. The van der Waals surface area contributed by atoms with Gasteiger partial charge in [0.15, 0.2) is 6.10 Å². The number of amides is 1. The molecule has 1 atom stereocenters. The first-order chi connectivity index (χ1) is 10.5. The second-order valence-corrected chi connectivity index (χ2v) is 4.96. The van der Waals surface area contributed by atoms with Gasteiger partial charge in [-0.3, -0.25) is 4.79 Å². The Labute approximate surface area is 131 Å². The summed E-state index contributed by atoms with van der Waals surface area (Å²) in [5.41, 5.74) is 0.303. The van der Waals surface area contributed by atoms with Crippen LogP contribution in [-0.2, 0) is 9.53 Å². The summed E-state index contributed by atoms with van der Waals surface area (Å²) in [6, 6.07) is 11.9. The number of esters is 1. The summed E-state index contributed by atoms with van der Waals surface area (Å²) in [5.74, 6) is -2.11. The molecule has 114 valence electrons. The first kappa shape index (κ1) is 16.0. The van der Waals surface area contributed by atoms with Gasteiger partial charge in [-0.25, -0.2) is 9.18 Å². The summed E-state index contributed by atoms with van der Waals surface area (Å²) < 4.78 is 18.4. The van der Waals surface area contributed by atoms with E-state index in [1.54, 1.807) is 24.3 Å². The second-order valence-electron chi connectivity index (χ2n) is 4.52. The average molecular weight is 322 g/mol. The zero-order valence-corrected chi connectivity index (χ0v) is 12.4. The molecule has 0 radical (unpaired) electrons. The Bertz CT molecular complexity index is 688. The van der Waals surface area contributed by atoms with E-state index in [-0.39, 0.29) is 5.56 Å². The molecule has 0 aliphatic heterocycles. The number of anilines is 1. The molecule has 0 saturated heterocycles. The highest BCUT2D eigenvalue weighted by Crippen LogP contribution is 2.14. The fraction of sp³-hybridized carbons (Fsp3) is 0.125. The number of ether oxygens (including phenoxy) is 1. The van der Waals surface area contributed by atoms with Crippen LogP contribution in [0.25, 0.3) is 0 Å². The Kier molecular flexibility index (Phi) is 5.12. The van der Waals surface area contributed by atoms with Crippen LogP contribution in [0.5, 0.6) is 0 Å². The molecule has 6 heteroatoms. The molecule has 2 rings (SSSR count). The van der Waals surface area contributed by atoms with Gasteiger partial charge in [0.05, 0.1) is 5.56 Å². The van der Waals surface area contributed by atoms with Crippen LogP contribution in [0.2, 0.25) is 5.02 Å². The number of nitrogens with one attached hydrogen (secondary N) is 1. The van der Waals surface area contributed by atoms with E-state index >= 15 is 0 Å². The van der Waals surface area contributed by atoms with E-state index in [1.807, 2.05) is 0 Å². The van der Waals surface area contributed by atoms with Gasteiger partial charge in [-0.05, 0) is 43.3 Å². The van der Waals surface area contributed by atoms with E-state index in [0.29, 0.717) is 10.7 Å². The molecular weight excluding hydrogens is 309 g/mol. The van der Waals surface area contributed by atoms with Crippen molar-refractivity contribution in [1.29, 1.82) is 0 Å². The largest absolute Gasteiger partial charge is 0.449 e. The van der Waals surface area contributed by atoms with E-state index in [4.69, 9.17) is 16.3 Å². The van der Waals surface area contributed by atoms with Crippen LogP contribution in [-0.4, -0.2) is 18.0 Å². The zero-order chi connectivity index (χ0) is 16.1. The lowest BCUT2D eigenvalue weighted by Gasteiger charge is -2.13. The third kappa shape index (κ3) is 4.05. The molecule has 2 aromatic rings. The second kappa shape index (κ2) is 7.04. The molecule has 0 aliphatic carbocycles. The van der Waals surface area contributed by atoms with Crippen LogP contribution in [0, 0.1) is 5.82 Å². The van der Waals surface area contributed by atoms with Gasteiger partial charge in [-0.1, -0.05) is 23.7 Å². The smallest absolute Gasteiger partial charge is 0.341 e. The van der Waals surface area contributed by atoms with Crippen LogP contribution in [0.1, 0.15) is 17.3 Å². The molecule has 0 unspecified atom stereocenters. The van der Waals surface area contributed by atoms with Crippen LogP contribution < -0.4 is 5.32 Å². The monoisotopic (exact) mass is 321 g/mol. The van der Waals surface area contributed by atoms with Crippen LogP contribution in [0.15, 0.2) is 48.5 Å². The Morgan fingerprint density at radius 1 is 1.14 bits per heavy atom. The molecule has 0 spiro atoms. The quantitative estimate of drug-likeness (QED) is 0.874. The normalized spacial score (nSPS) is 11.6. The molecule has 2 aromatic carbocycles. The van der Waals surface area contributed by atoms with E-state index in [0.717, 1.165) is 6.07 Å². The standard InChI is InChI=1S/C16H13ClFNO3/c1-10(15(20)19-12-8-6-11(17)7-9-12)22-16(21)13-4-2-3-5-14(13)18/h2-10H,1H3,(H,19,20)/t10-/m0/s1. The topological polar surface area (TPSA) is 55.4 Å². The van der Waals surface area contributed by atoms with Gasteiger partial charge in [0.25, 0.3) is 5.91 Å². The number of rotatable bonds is 4. The minimum absolute atomic E-state index is 0.214. The van der Waals surface area contributed by atoms with E-state index in [1.165, 1.54) is 25.1 Å². The minimum Gasteiger partial charge on any atom is -0.449 e. The van der Waals surface area contributed by atoms with Gasteiger partial charge < -0.3 is 10.1 Å². The van der Waals surface area contributed by atoms with Gasteiger partial charge in [0, 0.05) is 10.7 Å². The summed E-state index contributed by atoms with van der Waals surface area (Å²) in [4.78, 5) is 23.8. The summed E-state index contributed by atoms with van der Waals surface area (Å²) in [7, 11) is 0. The van der Waals surface area contributed by atoms with Crippen molar-refractivity contribution in [3.63, 3.8) is 0 Å². The summed E-state index contributed by atoms with van der Waals surface area (Å²) in [5, 5.41) is 3.11. The lowest BCUT2D eigenvalue weighted by molar-refractivity contribution is -0.123. The fourth-order valence-corrected chi connectivity index (χ4v) is 1.81. The van der Waals surface area contributed by atoms with Crippen LogP contribution in [0.4, 0.5) is 10.1 Å². The molecule has 0 aliphatic rings. The summed E-state index contributed by atoms with van der Waals surface area (Å²) in [6.45, 7) is 1.41. The van der Waals surface area contributed by atoms with Crippen molar-refractivity contribution in [2.24, 2.45) is 0 Å². The Morgan fingerprint density at radius 3 is 2.41 bits per heavy atom. The lowest BCUT2D eigenvalue weighted by atomic mass is 10.2. The molecule has 0 aromatic heterocycles. The Balaban J connectivity index is 1.98. The molecule has 0 saturated carbocycles. The van der Waals surface area contributed by atoms with Gasteiger partial charge in [0.1, 0.15) is 5.82 Å². The van der Waals surface area contributed by atoms with Gasteiger partial charge in [0.2, 0.25) is 0 Å². The van der Waals surface area contributed by atoms with Crippen LogP contribution in [0.3, 0.4) is 0 Å². The van der Waals surface area contributed by atoms with Crippen molar-refractivity contribution >= 4 is 29.2 Å². The molecule has 0 heterocycles.